The fourth-order valence-electron chi connectivity index (χ4n) is 4.94. The normalized spacial score (nSPS) is 16.6. The van der Waals surface area contributed by atoms with Gasteiger partial charge in [0.05, 0.1) is 11.0 Å². The largest absolute Gasteiger partial charge is 0.366 e. The van der Waals surface area contributed by atoms with Crippen molar-refractivity contribution in [1.82, 2.24) is 19.8 Å². The van der Waals surface area contributed by atoms with Gasteiger partial charge >= 0.3 is 0 Å². The number of benzene rings is 2. The monoisotopic (exact) mass is 475 g/mol. The second-order valence-electron chi connectivity index (χ2n) is 9.90. The van der Waals surface area contributed by atoms with Gasteiger partial charge in [-0.05, 0) is 88.5 Å². The van der Waals surface area contributed by atoms with Gasteiger partial charge in [-0.2, -0.15) is 0 Å². The van der Waals surface area contributed by atoms with E-state index < -0.39 is 0 Å². The molecular weight excluding hydrogens is 438 g/mol. The van der Waals surface area contributed by atoms with Gasteiger partial charge in [0.2, 0.25) is 5.91 Å². The number of fused-ring (bicyclic) bond motifs is 1. The first-order valence-electron chi connectivity index (χ1n) is 12.5. The van der Waals surface area contributed by atoms with Crippen molar-refractivity contribution in [3.05, 3.63) is 69.1 Å². The summed E-state index contributed by atoms with van der Waals surface area (Å²) in [4.78, 5) is 34.8. The molecule has 1 aliphatic rings. The molecule has 0 bridgehead atoms. The number of carbonyl (C=O) groups excluding carboxylic acids is 1. The third kappa shape index (κ3) is 5.73. The number of nitrogens with zero attached hydrogens (tertiary/aromatic N) is 4. The summed E-state index contributed by atoms with van der Waals surface area (Å²) in [6.07, 6.45) is 0.881. The van der Waals surface area contributed by atoms with E-state index in [0.29, 0.717) is 23.8 Å². The minimum Gasteiger partial charge on any atom is -0.366 e. The summed E-state index contributed by atoms with van der Waals surface area (Å²) in [5.41, 5.74) is 6.43. The van der Waals surface area contributed by atoms with Gasteiger partial charge in [0.25, 0.3) is 5.56 Å². The lowest BCUT2D eigenvalue weighted by molar-refractivity contribution is -0.121. The lowest BCUT2D eigenvalue weighted by atomic mass is 10.1. The third-order valence-electron chi connectivity index (χ3n) is 7.04. The SMILES string of the molecule is Cc1cccc(N2CCN(CCCNC(=O)Cn3c(=O)c(C)nc4cc(C)c(C)cc43)CC2C)c1. The molecule has 7 heteroatoms. The van der Waals surface area contributed by atoms with Crippen molar-refractivity contribution in [2.75, 3.05) is 37.6 Å². The Morgan fingerprint density at radius 1 is 1.09 bits per heavy atom. The smallest absolute Gasteiger partial charge is 0.272 e. The minimum absolute atomic E-state index is 0.00734. The summed E-state index contributed by atoms with van der Waals surface area (Å²) in [6.45, 7) is 14.7. The first-order chi connectivity index (χ1) is 16.7. The number of piperazine rings is 1. The molecule has 1 fully saturated rings. The molecule has 1 amide bonds. The molecule has 2 heterocycles. The Hall–Kier alpha value is -3.19. The average molecular weight is 476 g/mol. The summed E-state index contributed by atoms with van der Waals surface area (Å²) >= 11 is 0. The van der Waals surface area contributed by atoms with Crippen LogP contribution < -0.4 is 15.8 Å². The molecule has 186 valence electrons. The van der Waals surface area contributed by atoms with E-state index in [-0.39, 0.29) is 18.0 Å². The molecule has 1 atom stereocenters. The van der Waals surface area contributed by atoms with Gasteiger partial charge in [0.1, 0.15) is 12.2 Å². The number of amides is 1. The molecule has 0 saturated carbocycles. The van der Waals surface area contributed by atoms with Crippen molar-refractivity contribution < 1.29 is 4.79 Å². The molecule has 7 nitrogen and oxygen atoms in total. The second-order valence-corrected chi connectivity index (χ2v) is 9.90. The molecule has 2 aromatic carbocycles. The fraction of sp³-hybridized carbons (Fsp3) is 0.464. The van der Waals surface area contributed by atoms with Gasteiger partial charge in [0, 0.05) is 37.9 Å². The molecule has 0 spiro atoms. The highest BCUT2D eigenvalue weighted by molar-refractivity contribution is 5.81. The van der Waals surface area contributed by atoms with E-state index in [2.05, 4.69) is 58.2 Å². The molecule has 1 saturated heterocycles. The van der Waals surface area contributed by atoms with E-state index >= 15 is 0 Å². The number of nitrogens with one attached hydrogen (secondary N) is 1. The average Bonchev–Trinajstić information content (AvgIpc) is 2.81. The van der Waals surface area contributed by atoms with Gasteiger partial charge in [0.15, 0.2) is 0 Å². The summed E-state index contributed by atoms with van der Waals surface area (Å²) < 4.78 is 1.55. The molecule has 1 unspecified atom stereocenters. The molecule has 1 N–H and O–H groups in total. The summed E-state index contributed by atoms with van der Waals surface area (Å²) in [5.74, 6) is -0.144. The van der Waals surface area contributed by atoms with E-state index in [0.717, 1.165) is 49.2 Å². The summed E-state index contributed by atoms with van der Waals surface area (Å²) in [5, 5.41) is 3.00. The Morgan fingerprint density at radius 3 is 2.60 bits per heavy atom. The number of aromatic nitrogens is 2. The molecule has 35 heavy (non-hydrogen) atoms. The van der Waals surface area contributed by atoms with Gasteiger partial charge in [-0.15, -0.1) is 0 Å². The van der Waals surface area contributed by atoms with Gasteiger partial charge in [-0.25, -0.2) is 4.98 Å². The molecule has 0 aliphatic carbocycles. The summed E-state index contributed by atoms with van der Waals surface area (Å²) in [6, 6.07) is 13.1. The third-order valence-corrected chi connectivity index (χ3v) is 7.04. The number of carbonyl (C=O) groups is 1. The lowest BCUT2D eigenvalue weighted by Gasteiger charge is -2.41. The topological polar surface area (TPSA) is 70.5 Å². The maximum absolute atomic E-state index is 12.7. The van der Waals surface area contributed by atoms with Crippen LogP contribution in [0, 0.1) is 27.7 Å². The van der Waals surface area contributed by atoms with Crippen LogP contribution >= 0.6 is 0 Å². The van der Waals surface area contributed by atoms with E-state index in [1.165, 1.54) is 11.3 Å². The number of hydrogen-bond acceptors (Lipinski definition) is 5. The van der Waals surface area contributed by atoms with Crippen molar-refractivity contribution in [2.45, 2.75) is 53.6 Å². The highest BCUT2D eigenvalue weighted by atomic mass is 16.2. The van der Waals surface area contributed by atoms with E-state index in [1.807, 2.05) is 26.0 Å². The summed E-state index contributed by atoms with van der Waals surface area (Å²) in [7, 11) is 0. The highest BCUT2D eigenvalue weighted by Gasteiger charge is 2.23. The van der Waals surface area contributed by atoms with Crippen LogP contribution in [0.25, 0.3) is 11.0 Å². The maximum Gasteiger partial charge on any atom is 0.272 e. The lowest BCUT2D eigenvalue weighted by Crippen LogP contribution is -2.52. The minimum atomic E-state index is -0.212. The standard InChI is InChI=1S/C28H37N5O2/c1-19-8-6-9-24(14-19)32-13-12-31(17-22(32)4)11-7-10-29-27(34)18-33-26-16-21(3)20(2)15-25(26)30-23(5)28(33)35/h6,8-9,14-16,22H,7,10-13,17-18H2,1-5H3,(H,29,34). The zero-order valence-electron chi connectivity index (χ0n) is 21.6. The quantitative estimate of drug-likeness (QED) is 0.531. The molecule has 4 rings (SSSR count). The van der Waals surface area contributed by atoms with Gasteiger partial charge in [-0.1, -0.05) is 12.1 Å². The highest BCUT2D eigenvalue weighted by Crippen LogP contribution is 2.21. The molecule has 0 radical (unpaired) electrons. The first kappa shape index (κ1) is 24.9. The van der Waals surface area contributed by atoms with E-state index in [1.54, 1.807) is 11.5 Å². The van der Waals surface area contributed by atoms with Gasteiger partial charge < -0.3 is 10.2 Å². The van der Waals surface area contributed by atoms with Crippen LogP contribution in [0.4, 0.5) is 5.69 Å². The Labute approximate surface area is 207 Å². The zero-order chi connectivity index (χ0) is 25.1. The van der Waals surface area contributed by atoms with Crippen LogP contribution in [-0.4, -0.2) is 59.1 Å². The Balaban J connectivity index is 1.28. The molecule has 3 aromatic rings. The number of rotatable bonds is 7. The Kier molecular flexibility index (Phi) is 7.55. The van der Waals surface area contributed by atoms with Crippen molar-refractivity contribution in [1.29, 1.82) is 0 Å². The number of anilines is 1. The van der Waals surface area contributed by atoms with Crippen molar-refractivity contribution in [3.63, 3.8) is 0 Å². The van der Waals surface area contributed by atoms with Crippen LogP contribution in [0.1, 0.15) is 35.7 Å². The Bertz CT molecular complexity index is 1280. The molecular formula is C28H37N5O2. The number of aryl methyl sites for hydroxylation is 4. The van der Waals surface area contributed by atoms with Crippen LogP contribution in [-0.2, 0) is 11.3 Å². The molecule has 1 aromatic heterocycles. The fourth-order valence-corrected chi connectivity index (χ4v) is 4.94. The van der Waals surface area contributed by atoms with Gasteiger partial charge in [-0.3, -0.25) is 19.1 Å². The van der Waals surface area contributed by atoms with Crippen molar-refractivity contribution >= 4 is 22.6 Å². The van der Waals surface area contributed by atoms with E-state index in [9.17, 15) is 9.59 Å². The van der Waals surface area contributed by atoms with Crippen molar-refractivity contribution in [2.24, 2.45) is 0 Å². The molecule has 1 aliphatic heterocycles. The van der Waals surface area contributed by atoms with Crippen LogP contribution in [0.2, 0.25) is 0 Å². The Morgan fingerprint density at radius 2 is 1.86 bits per heavy atom. The van der Waals surface area contributed by atoms with Crippen LogP contribution in [0.3, 0.4) is 0 Å². The van der Waals surface area contributed by atoms with Crippen LogP contribution in [0.15, 0.2) is 41.2 Å². The zero-order valence-corrected chi connectivity index (χ0v) is 21.6. The predicted molar refractivity (Wildman–Crippen MR) is 142 cm³/mol. The first-order valence-corrected chi connectivity index (χ1v) is 12.5. The maximum atomic E-state index is 12.7. The van der Waals surface area contributed by atoms with E-state index in [4.69, 9.17) is 0 Å². The number of hydrogen-bond donors (Lipinski definition) is 1. The van der Waals surface area contributed by atoms with Crippen LogP contribution in [0.5, 0.6) is 0 Å². The predicted octanol–water partition coefficient (Wildman–Crippen LogP) is 3.35. The van der Waals surface area contributed by atoms with Crippen molar-refractivity contribution in [3.8, 4) is 0 Å². The second kappa shape index (κ2) is 10.6.